The molecule has 0 saturated carbocycles. The molecule has 0 bridgehead atoms. The standard InChI is InChI=1S/C35H38N4O4/c1-3-38-30-23-39(29(21-25-11-6-4-7-12-25)33(40)37-19-17-24(2)18-20-37)34(41)31(30)32(36-35(38)42)26-13-10-16-28(22-26)43-27-14-8-5-9-15-27/h4-16,22,24,29,32H,3,17-21,23H2,1-2H3,(H,36,42)/t29-,32-/m0/s1. The Kier molecular flexibility index (Phi) is 8.18. The minimum absolute atomic E-state index is 0.0268. The first-order valence-electron chi connectivity index (χ1n) is 15.2. The zero-order valence-corrected chi connectivity index (χ0v) is 24.7. The van der Waals surface area contributed by atoms with E-state index in [1.54, 1.807) is 9.80 Å². The average Bonchev–Trinajstić information content (AvgIpc) is 3.37. The van der Waals surface area contributed by atoms with E-state index in [9.17, 15) is 14.4 Å². The fraction of sp³-hybridized carbons (Fsp3) is 0.343. The maximum atomic E-state index is 14.4. The van der Waals surface area contributed by atoms with E-state index in [4.69, 9.17) is 4.74 Å². The van der Waals surface area contributed by atoms with Crippen molar-refractivity contribution in [3.05, 3.63) is 107 Å². The summed E-state index contributed by atoms with van der Waals surface area (Å²) in [7, 11) is 0. The molecule has 2 atom stereocenters. The predicted octanol–water partition coefficient (Wildman–Crippen LogP) is 5.53. The Morgan fingerprint density at radius 2 is 1.60 bits per heavy atom. The van der Waals surface area contributed by atoms with Gasteiger partial charge < -0.3 is 19.9 Å². The second kappa shape index (κ2) is 12.3. The van der Waals surface area contributed by atoms with Crippen molar-refractivity contribution in [2.75, 3.05) is 26.2 Å². The maximum absolute atomic E-state index is 14.4. The highest BCUT2D eigenvalue weighted by molar-refractivity contribution is 6.03. The quantitative estimate of drug-likeness (QED) is 0.381. The van der Waals surface area contributed by atoms with Gasteiger partial charge in [-0.15, -0.1) is 0 Å². The van der Waals surface area contributed by atoms with Crippen LogP contribution in [0.4, 0.5) is 4.79 Å². The number of benzene rings is 3. The van der Waals surface area contributed by atoms with Gasteiger partial charge in [-0.1, -0.05) is 67.6 Å². The number of likely N-dealkylation sites (N-methyl/N-ethyl adjacent to an activating group) is 1. The van der Waals surface area contributed by atoms with E-state index in [0.29, 0.717) is 54.7 Å². The number of nitrogens with zero attached hydrogens (tertiary/aromatic N) is 3. The number of urea groups is 1. The van der Waals surface area contributed by atoms with Gasteiger partial charge in [0.2, 0.25) is 5.91 Å². The summed E-state index contributed by atoms with van der Waals surface area (Å²) < 4.78 is 6.06. The normalized spacial score (nSPS) is 19.8. The fourth-order valence-corrected chi connectivity index (χ4v) is 6.34. The van der Waals surface area contributed by atoms with Crippen LogP contribution < -0.4 is 10.1 Å². The van der Waals surface area contributed by atoms with Gasteiger partial charge in [0.15, 0.2) is 0 Å². The van der Waals surface area contributed by atoms with E-state index in [-0.39, 0.29) is 24.4 Å². The van der Waals surface area contributed by atoms with E-state index in [0.717, 1.165) is 24.0 Å². The van der Waals surface area contributed by atoms with Gasteiger partial charge in [0, 0.05) is 26.1 Å². The molecular weight excluding hydrogens is 540 g/mol. The molecule has 0 aliphatic carbocycles. The smallest absolute Gasteiger partial charge is 0.322 e. The molecule has 3 heterocycles. The Morgan fingerprint density at radius 1 is 0.930 bits per heavy atom. The van der Waals surface area contributed by atoms with Gasteiger partial charge in [-0.3, -0.25) is 14.5 Å². The number of amides is 4. The van der Waals surface area contributed by atoms with Crippen molar-refractivity contribution in [1.82, 2.24) is 20.0 Å². The van der Waals surface area contributed by atoms with E-state index in [1.807, 2.05) is 96.8 Å². The van der Waals surface area contributed by atoms with Crippen molar-refractivity contribution in [2.45, 2.75) is 45.2 Å². The first kappa shape index (κ1) is 28.5. The van der Waals surface area contributed by atoms with E-state index in [2.05, 4.69) is 12.2 Å². The zero-order chi connectivity index (χ0) is 29.9. The first-order valence-corrected chi connectivity index (χ1v) is 15.2. The molecule has 4 amide bonds. The maximum Gasteiger partial charge on any atom is 0.322 e. The molecule has 0 spiro atoms. The Morgan fingerprint density at radius 3 is 2.30 bits per heavy atom. The van der Waals surface area contributed by atoms with Crippen LogP contribution in [0.5, 0.6) is 11.5 Å². The third-order valence-electron chi connectivity index (χ3n) is 8.76. The third kappa shape index (κ3) is 5.87. The minimum atomic E-state index is -0.670. The SMILES string of the molecule is CCN1C(=O)N[C@@H](c2cccc(Oc3ccccc3)c2)C2=C1CN([C@@H](Cc1ccccc1)C(=O)N1CCC(C)CC1)C2=O. The molecule has 8 nitrogen and oxygen atoms in total. The number of piperidine rings is 1. The summed E-state index contributed by atoms with van der Waals surface area (Å²) in [6.45, 7) is 6.12. The topological polar surface area (TPSA) is 82.2 Å². The Bertz CT molecular complexity index is 1520. The molecule has 0 unspecified atom stereocenters. The summed E-state index contributed by atoms with van der Waals surface area (Å²) in [5, 5.41) is 3.06. The summed E-state index contributed by atoms with van der Waals surface area (Å²) in [4.78, 5) is 47.2. The average molecular weight is 579 g/mol. The number of carbonyl (C=O) groups is 3. The molecule has 0 aromatic heterocycles. The third-order valence-corrected chi connectivity index (χ3v) is 8.76. The van der Waals surface area contributed by atoms with Crippen LogP contribution in [0.25, 0.3) is 0 Å². The van der Waals surface area contributed by atoms with Gasteiger partial charge in [0.1, 0.15) is 17.5 Å². The Labute approximate surface area is 252 Å². The van der Waals surface area contributed by atoms with Crippen LogP contribution in [0.15, 0.2) is 96.2 Å². The Balaban J connectivity index is 1.33. The van der Waals surface area contributed by atoms with Crippen LogP contribution in [-0.2, 0) is 16.0 Å². The lowest BCUT2D eigenvalue weighted by molar-refractivity contribution is -0.144. The molecular formula is C35H38N4O4. The molecule has 43 heavy (non-hydrogen) atoms. The van der Waals surface area contributed by atoms with Crippen molar-refractivity contribution in [3.63, 3.8) is 0 Å². The fourth-order valence-electron chi connectivity index (χ4n) is 6.34. The molecule has 0 radical (unpaired) electrons. The van der Waals surface area contributed by atoms with Crippen LogP contribution in [0.2, 0.25) is 0 Å². The van der Waals surface area contributed by atoms with Crippen molar-refractivity contribution in [2.24, 2.45) is 5.92 Å². The minimum Gasteiger partial charge on any atom is -0.457 e. The molecule has 222 valence electrons. The lowest BCUT2D eigenvalue weighted by Gasteiger charge is -2.36. The number of ether oxygens (including phenoxy) is 1. The highest BCUT2D eigenvalue weighted by Gasteiger charge is 2.47. The molecule has 3 aliphatic rings. The van der Waals surface area contributed by atoms with Crippen LogP contribution in [0.3, 0.4) is 0 Å². The van der Waals surface area contributed by atoms with Gasteiger partial charge in [-0.2, -0.15) is 0 Å². The molecule has 1 N–H and O–H groups in total. The number of rotatable bonds is 8. The molecule has 3 aliphatic heterocycles. The number of para-hydroxylation sites is 1. The highest BCUT2D eigenvalue weighted by Crippen LogP contribution is 2.39. The summed E-state index contributed by atoms with van der Waals surface area (Å²) in [6, 6.07) is 25.2. The predicted molar refractivity (Wildman–Crippen MR) is 164 cm³/mol. The van der Waals surface area contributed by atoms with Gasteiger partial charge in [0.05, 0.1) is 23.9 Å². The number of hydrogen-bond acceptors (Lipinski definition) is 4. The zero-order valence-electron chi connectivity index (χ0n) is 24.7. The lowest BCUT2D eigenvalue weighted by atomic mass is 9.95. The summed E-state index contributed by atoms with van der Waals surface area (Å²) in [5.74, 6) is 1.64. The van der Waals surface area contributed by atoms with Crippen LogP contribution in [-0.4, -0.2) is 64.8 Å². The van der Waals surface area contributed by atoms with Crippen molar-refractivity contribution in [1.29, 1.82) is 0 Å². The second-order valence-corrected chi connectivity index (χ2v) is 11.6. The first-order chi connectivity index (χ1) is 20.9. The van der Waals surface area contributed by atoms with Gasteiger partial charge in [-0.25, -0.2) is 4.79 Å². The summed E-state index contributed by atoms with van der Waals surface area (Å²) in [6.07, 6.45) is 2.33. The van der Waals surface area contributed by atoms with Gasteiger partial charge >= 0.3 is 6.03 Å². The number of likely N-dealkylation sites (tertiary alicyclic amines) is 1. The number of carbonyl (C=O) groups excluding carboxylic acids is 3. The van der Waals surface area contributed by atoms with E-state index < -0.39 is 12.1 Å². The Hall–Kier alpha value is -4.59. The molecule has 8 heteroatoms. The molecule has 1 saturated heterocycles. The molecule has 1 fully saturated rings. The molecule has 6 rings (SSSR count). The van der Waals surface area contributed by atoms with E-state index >= 15 is 0 Å². The largest absolute Gasteiger partial charge is 0.457 e. The second-order valence-electron chi connectivity index (χ2n) is 11.6. The van der Waals surface area contributed by atoms with Crippen molar-refractivity contribution >= 4 is 17.8 Å². The van der Waals surface area contributed by atoms with Gasteiger partial charge in [0.25, 0.3) is 5.91 Å². The summed E-state index contributed by atoms with van der Waals surface area (Å²) >= 11 is 0. The number of hydrogen-bond donors (Lipinski definition) is 1. The van der Waals surface area contributed by atoms with Gasteiger partial charge in [-0.05, 0) is 61.1 Å². The van der Waals surface area contributed by atoms with Crippen LogP contribution in [0, 0.1) is 5.92 Å². The van der Waals surface area contributed by atoms with Crippen molar-refractivity contribution < 1.29 is 19.1 Å². The number of nitrogens with one attached hydrogen (secondary N) is 1. The summed E-state index contributed by atoms with van der Waals surface area (Å²) in [5.41, 5.74) is 2.91. The molecule has 3 aromatic carbocycles. The van der Waals surface area contributed by atoms with E-state index in [1.165, 1.54) is 0 Å². The van der Waals surface area contributed by atoms with Crippen LogP contribution in [0.1, 0.15) is 43.9 Å². The van der Waals surface area contributed by atoms with Crippen LogP contribution >= 0.6 is 0 Å². The monoisotopic (exact) mass is 578 g/mol. The lowest BCUT2D eigenvalue weighted by Crippen LogP contribution is -2.52. The molecule has 3 aromatic rings. The highest BCUT2D eigenvalue weighted by atomic mass is 16.5. The van der Waals surface area contributed by atoms with Crippen molar-refractivity contribution in [3.8, 4) is 11.5 Å².